The predicted molar refractivity (Wildman–Crippen MR) is 113 cm³/mol. The number of carbonyl (C=O) groups is 1. The molecule has 0 radical (unpaired) electrons. The average molecular weight is 427 g/mol. The van der Waals surface area contributed by atoms with E-state index in [-0.39, 0.29) is 23.6 Å². The molecule has 0 amide bonds. The van der Waals surface area contributed by atoms with Crippen molar-refractivity contribution in [2.75, 3.05) is 7.11 Å². The fourth-order valence-corrected chi connectivity index (χ4v) is 5.16. The number of hydrogen-bond donors (Lipinski definition) is 0. The maximum absolute atomic E-state index is 13.4. The van der Waals surface area contributed by atoms with E-state index in [1.54, 1.807) is 28.0 Å². The molecule has 0 N–H and O–H groups in total. The molecular formula is C21H21N3O5S. The first-order valence-corrected chi connectivity index (χ1v) is 10.6. The summed E-state index contributed by atoms with van der Waals surface area (Å²) < 4.78 is 6.35. The summed E-state index contributed by atoms with van der Waals surface area (Å²) in [6, 6.07) is 6.27. The lowest BCUT2D eigenvalue weighted by Gasteiger charge is -2.13. The number of nitro groups is 1. The van der Waals surface area contributed by atoms with Crippen molar-refractivity contribution in [1.29, 1.82) is 0 Å². The first-order valence-electron chi connectivity index (χ1n) is 9.82. The number of carbonyl (C=O) groups excluding carboxylic acids is 1. The molecule has 8 nitrogen and oxygen atoms in total. The van der Waals surface area contributed by atoms with Gasteiger partial charge in [0.15, 0.2) is 0 Å². The number of ether oxygens (including phenoxy) is 1. The number of nitro benzene ring substituents is 1. The number of hydrogen-bond acceptors (Lipinski definition) is 7. The fourth-order valence-electron chi connectivity index (χ4n) is 3.89. The third-order valence-corrected chi connectivity index (χ3v) is 6.59. The zero-order valence-electron chi connectivity index (χ0n) is 16.6. The second-order valence-electron chi connectivity index (χ2n) is 7.30. The van der Waals surface area contributed by atoms with Crippen LogP contribution in [0.3, 0.4) is 0 Å². The summed E-state index contributed by atoms with van der Waals surface area (Å²) in [5.41, 5.74) is 1.90. The van der Waals surface area contributed by atoms with E-state index < -0.39 is 4.92 Å². The Morgan fingerprint density at radius 3 is 2.77 bits per heavy atom. The fraction of sp³-hybridized carbons (Fsp3) is 0.381. The number of non-ortho nitro benzene ring substituents is 1. The summed E-state index contributed by atoms with van der Waals surface area (Å²) in [6.07, 6.45) is 4.01. The van der Waals surface area contributed by atoms with Crippen LogP contribution in [0.4, 0.5) is 5.69 Å². The van der Waals surface area contributed by atoms with Crippen LogP contribution in [0.5, 0.6) is 0 Å². The molecular weight excluding hydrogens is 406 g/mol. The van der Waals surface area contributed by atoms with E-state index in [1.807, 2.05) is 0 Å². The zero-order chi connectivity index (χ0) is 21.3. The van der Waals surface area contributed by atoms with Gasteiger partial charge in [-0.15, -0.1) is 11.3 Å². The molecule has 2 aromatic heterocycles. The summed E-state index contributed by atoms with van der Waals surface area (Å²) in [7, 11) is 1.34. The second kappa shape index (κ2) is 8.35. The largest absolute Gasteiger partial charge is 0.469 e. The molecule has 0 spiro atoms. The Morgan fingerprint density at radius 1 is 1.30 bits per heavy atom. The third kappa shape index (κ3) is 3.85. The van der Waals surface area contributed by atoms with E-state index in [0.29, 0.717) is 30.6 Å². The Balaban J connectivity index is 1.72. The van der Waals surface area contributed by atoms with Crippen LogP contribution in [0.25, 0.3) is 10.2 Å². The van der Waals surface area contributed by atoms with Crippen LogP contribution in [0.2, 0.25) is 0 Å². The minimum Gasteiger partial charge on any atom is -0.469 e. The van der Waals surface area contributed by atoms with Gasteiger partial charge >= 0.3 is 5.97 Å². The average Bonchev–Trinajstić information content (AvgIpc) is 3.31. The van der Waals surface area contributed by atoms with Crippen molar-refractivity contribution in [1.82, 2.24) is 9.55 Å². The maximum atomic E-state index is 13.4. The number of benzene rings is 1. The highest BCUT2D eigenvalue weighted by Gasteiger charge is 2.23. The van der Waals surface area contributed by atoms with E-state index in [0.717, 1.165) is 35.2 Å². The lowest BCUT2D eigenvalue weighted by atomic mass is 10.1. The number of aromatic nitrogens is 2. The standard InChI is InChI=1S/C21H21N3O5S/c1-29-18(25)6-3-11-23-17(12-13-7-9-14(10-8-13)24(27)28)22-20-19(21(23)26)15-4-2-5-16(15)30-20/h7-10H,2-6,11-12H2,1H3. The van der Waals surface area contributed by atoms with Gasteiger partial charge in [-0.2, -0.15) is 0 Å². The van der Waals surface area contributed by atoms with Gasteiger partial charge in [0.25, 0.3) is 11.2 Å². The Labute approximate surface area is 176 Å². The van der Waals surface area contributed by atoms with Crippen LogP contribution >= 0.6 is 11.3 Å². The van der Waals surface area contributed by atoms with Crippen molar-refractivity contribution in [3.05, 3.63) is 66.6 Å². The summed E-state index contributed by atoms with van der Waals surface area (Å²) in [4.78, 5) is 42.1. The van der Waals surface area contributed by atoms with Gasteiger partial charge < -0.3 is 4.74 Å². The summed E-state index contributed by atoms with van der Waals surface area (Å²) in [6.45, 7) is 0.365. The lowest BCUT2D eigenvalue weighted by Crippen LogP contribution is -2.26. The lowest BCUT2D eigenvalue weighted by molar-refractivity contribution is -0.384. The topological polar surface area (TPSA) is 104 Å². The molecule has 0 saturated carbocycles. The van der Waals surface area contributed by atoms with Crippen LogP contribution in [0, 0.1) is 10.1 Å². The van der Waals surface area contributed by atoms with Crippen LogP contribution in [-0.2, 0) is 35.3 Å². The van der Waals surface area contributed by atoms with Crippen molar-refractivity contribution >= 4 is 33.2 Å². The van der Waals surface area contributed by atoms with Gasteiger partial charge in [0.2, 0.25) is 0 Å². The van der Waals surface area contributed by atoms with Gasteiger partial charge in [-0.05, 0) is 36.8 Å². The Morgan fingerprint density at radius 2 is 2.07 bits per heavy atom. The predicted octanol–water partition coefficient (Wildman–Crippen LogP) is 3.40. The Bertz CT molecular complexity index is 1180. The molecule has 0 aliphatic heterocycles. The molecule has 4 rings (SSSR count). The molecule has 0 bridgehead atoms. The number of methoxy groups -OCH3 is 1. The zero-order valence-corrected chi connectivity index (χ0v) is 17.4. The van der Waals surface area contributed by atoms with Crippen LogP contribution in [0.15, 0.2) is 29.1 Å². The van der Waals surface area contributed by atoms with Crippen LogP contribution in [-0.4, -0.2) is 27.6 Å². The van der Waals surface area contributed by atoms with Crippen molar-refractivity contribution < 1.29 is 14.5 Å². The van der Waals surface area contributed by atoms with Crippen molar-refractivity contribution in [3.8, 4) is 0 Å². The normalized spacial score (nSPS) is 12.8. The summed E-state index contributed by atoms with van der Waals surface area (Å²) in [5, 5.41) is 11.6. The second-order valence-corrected chi connectivity index (χ2v) is 8.39. The van der Waals surface area contributed by atoms with E-state index >= 15 is 0 Å². The molecule has 1 aromatic carbocycles. The molecule has 1 aliphatic rings. The van der Waals surface area contributed by atoms with Crippen molar-refractivity contribution in [2.24, 2.45) is 0 Å². The molecule has 0 unspecified atom stereocenters. The summed E-state index contributed by atoms with van der Waals surface area (Å²) in [5.74, 6) is 0.288. The van der Waals surface area contributed by atoms with Gasteiger partial charge in [0, 0.05) is 36.4 Å². The van der Waals surface area contributed by atoms with Gasteiger partial charge in [-0.3, -0.25) is 24.3 Å². The third-order valence-electron chi connectivity index (χ3n) is 5.40. The molecule has 2 heterocycles. The first kappa shape index (κ1) is 20.2. The van der Waals surface area contributed by atoms with Gasteiger partial charge in [-0.25, -0.2) is 4.98 Å². The van der Waals surface area contributed by atoms with E-state index in [2.05, 4.69) is 0 Å². The number of esters is 1. The number of rotatable bonds is 7. The van der Waals surface area contributed by atoms with Crippen LogP contribution < -0.4 is 5.56 Å². The number of fused-ring (bicyclic) bond motifs is 3. The highest BCUT2D eigenvalue weighted by atomic mass is 32.1. The van der Waals surface area contributed by atoms with E-state index in [1.165, 1.54) is 24.1 Å². The summed E-state index contributed by atoms with van der Waals surface area (Å²) >= 11 is 1.58. The molecule has 9 heteroatoms. The minimum absolute atomic E-state index is 0.0207. The van der Waals surface area contributed by atoms with Gasteiger partial charge in [-0.1, -0.05) is 12.1 Å². The highest BCUT2D eigenvalue weighted by molar-refractivity contribution is 7.18. The van der Waals surface area contributed by atoms with Gasteiger partial charge in [0.05, 0.1) is 17.4 Å². The van der Waals surface area contributed by atoms with Gasteiger partial charge in [0.1, 0.15) is 10.7 Å². The molecule has 0 fully saturated rings. The smallest absolute Gasteiger partial charge is 0.305 e. The highest BCUT2D eigenvalue weighted by Crippen LogP contribution is 2.35. The molecule has 1 aliphatic carbocycles. The van der Waals surface area contributed by atoms with Crippen molar-refractivity contribution in [3.63, 3.8) is 0 Å². The molecule has 156 valence electrons. The molecule has 30 heavy (non-hydrogen) atoms. The van der Waals surface area contributed by atoms with Crippen molar-refractivity contribution in [2.45, 2.75) is 45.1 Å². The van der Waals surface area contributed by atoms with Crippen LogP contribution in [0.1, 0.15) is 41.1 Å². The SMILES string of the molecule is COC(=O)CCCn1c(Cc2ccc([N+](=O)[O-])cc2)nc2sc3c(c2c1=O)CCC3. The molecule has 0 atom stereocenters. The van der Waals surface area contributed by atoms with E-state index in [9.17, 15) is 19.7 Å². The van der Waals surface area contributed by atoms with E-state index in [4.69, 9.17) is 9.72 Å². The first-order chi connectivity index (χ1) is 14.5. The molecule has 3 aromatic rings. The number of thiophene rings is 1. The number of nitrogens with zero attached hydrogens (tertiary/aromatic N) is 3. The Hall–Kier alpha value is -3.07. The maximum Gasteiger partial charge on any atom is 0.305 e. The quantitative estimate of drug-likeness (QED) is 0.325. The monoisotopic (exact) mass is 427 g/mol. The molecule has 0 saturated heterocycles. The number of aryl methyl sites for hydroxylation is 2. The minimum atomic E-state index is -0.440. The Kier molecular flexibility index (Phi) is 5.63.